The minimum atomic E-state index is -3.80. The third-order valence-corrected chi connectivity index (χ3v) is 6.27. The Morgan fingerprint density at radius 3 is 2.44 bits per heavy atom. The number of nitrogens with zero attached hydrogens (tertiary/aromatic N) is 2. The lowest BCUT2D eigenvalue weighted by Gasteiger charge is -2.26. The largest absolute Gasteiger partial charge is 0.507 e. The normalized spacial score (nSPS) is 15.0. The van der Waals surface area contributed by atoms with E-state index in [1.807, 2.05) is 0 Å². The highest BCUT2D eigenvalue weighted by atomic mass is 32.2. The molecule has 1 heterocycles. The molecule has 1 aromatic rings. The number of rotatable bonds is 7. The summed E-state index contributed by atoms with van der Waals surface area (Å²) in [5, 5.41) is 9.92. The number of carbonyl (C=O) groups is 2. The van der Waals surface area contributed by atoms with E-state index in [0.717, 1.165) is 12.1 Å². The van der Waals surface area contributed by atoms with Crippen molar-refractivity contribution in [1.82, 2.24) is 9.21 Å². The first-order chi connectivity index (χ1) is 12.8. The van der Waals surface area contributed by atoms with Gasteiger partial charge in [0.05, 0.1) is 18.1 Å². The minimum absolute atomic E-state index is 0.129. The third kappa shape index (κ3) is 4.96. The first kappa shape index (κ1) is 21.1. The second-order valence-electron chi connectivity index (χ2n) is 5.84. The van der Waals surface area contributed by atoms with Gasteiger partial charge in [-0.25, -0.2) is 13.2 Å². The molecule has 1 aliphatic heterocycles. The molecule has 0 atom stereocenters. The smallest absolute Gasteiger partial charge is 0.342 e. The molecule has 1 N–H and O–H groups in total. The van der Waals surface area contributed by atoms with E-state index in [9.17, 15) is 23.1 Å². The minimum Gasteiger partial charge on any atom is -0.507 e. The monoisotopic (exact) mass is 400 g/mol. The van der Waals surface area contributed by atoms with E-state index in [0.29, 0.717) is 26.3 Å². The maximum Gasteiger partial charge on any atom is 0.342 e. The fraction of sp³-hybridized carbons (Fsp3) is 0.529. The van der Waals surface area contributed by atoms with Crippen LogP contribution >= 0.6 is 0 Å². The Bertz CT molecular complexity index is 784. The molecule has 27 heavy (non-hydrogen) atoms. The van der Waals surface area contributed by atoms with E-state index in [4.69, 9.17) is 9.47 Å². The number of hydrogen-bond donors (Lipinski definition) is 1. The quantitative estimate of drug-likeness (QED) is 0.661. The van der Waals surface area contributed by atoms with Crippen LogP contribution in [-0.2, 0) is 24.3 Å². The summed E-state index contributed by atoms with van der Waals surface area (Å²) in [5.41, 5.74) is -0.307. The Labute approximate surface area is 158 Å². The first-order valence-electron chi connectivity index (χ1n) is 8.67. The van der Waals surface area contributed by atoms with Crippen molar-refractivity contribution in [2.75, 3.05) is 46.0 Å². The number of esters is 1. The summed E-state index contributed by atoms with van der Waals surface area (Å²) < 4.78 is 36.5. The van der Waals surface area contributed by atoms with Gasteiger partial charge in [-0.2, -0.15) is 4.31 Å². The molecule has 1 fully saturated rings. The van der Waals surface area contributed by atoms with Crippen molar-refractivity contribution in [3.05, 3.63) is 23.8 Å². The van der Waals surface area contributed by atoms with Crippen LogP contribution in [0.15, 0.2) is 23.1 Å². The van der Waals surface area contributed by atoms with E-state index in [2.05, 4.69) is 0 Å². The number of morpholine rings is 1. The second-order valence-corrected chi connectivity index (χ2v) is 7.78. The van der Waals surface area contributed by atoms with Gasteiger partial charge in [0.2, 0.25) is 10.0 Å². The van der Waals surface area contributed by atoms with Crippen LogP contribution in [0, 0.1) is 0 Å². The van der Waals surface area contributed by atoms with Crippen molar-refractivity contribution in [1.29, 1.82) is 0 Å². The van der Waals surface area contributed by atoms with Crippen molar-refractivity contribution in [3.63, 3.8) is 0 Å². The fourth-order valence-electron chi connectivity index (χ4n) is 2.66. The number of phenolic OH excluding ortho intramolecular Hbond substituents is 1. The van der Waals surface area contributed by atoms with E-state index in [1.54, 1.807) is 13.8 Å². The summed E-state index contributed by atoms with van der Waals surface area (Å²) in [5.74, 6) is -1.76. The number of aromatic hydroxyl groups is 1. The van der Waals surface area contributed by atoms with Gasteiger partial charge in [0, 0.05) is 26.2 Å². The number of phenols is 1. The van der Waals surface area contributed by atoms with Crippen LogP contribution in [0.2, 0.25) is 0 Å². The number of carbonyl (C=O) groups excluding carboxylic acids is 2. The van der Waals surface area contributed by atoms with E-state index in [1.165, 1.54) is 15.3 Å². The molecule has 0 saturated carbocycles. The van der Waals surface area contributed by atoms with Crippen molar-refractivity contribution in [3.8, 4) is 5.75 Å². The van der Waals surface area contributed by atoms with Gasteiger partial charge < -0.3 is 19.5 Å². The van der Waals surface area contributed by atoms with Crippen molar-refractivity contribution < 1.29 is 32.6 Å². The zero-order chi connectivity index (χ0) is 20.0. The Kier molecular flexibility index (Phi) is 7.17. The lowest BCUT2D eigenvalue weighted by molar-refractivity contribution is -0.138. The number of benzene rings is 1. The Balaban J connectivity index is 2.13. The van der Waals surface area contributed by atoms with Crippen molar-refractivity contribution in [2.24, 2.45) is 0 Å². The van der Waals surface area contributed by atoms with Gasteiger partial charge in [-0.1, -0.05) is 13.8 Å². The van der Waals surface area contributed by atoms with Gasteiger partial charge in [0.1, 0.15) is 11.3 Å². The summed E-state index contributed by atoms with van der Waals surface area (Å²) in [6.45, 7) is 5.13. The van der Waals surface area contributed by atoms with Crippen LogP contribution in [0.5, 0.6) is 5.75 Å². The van der Waals surface area contributed by atoms with Gasteiger partial charge in [-0.05, 0) is 18.2 Å². The molecule has 1 amide bonds. The predicted molar refractivity (Wildman–Crippen MR) is 95.9 cm³/mol. The molecule has 0 aromatic heterocycles. The second kappa shape index (κ2) is 9.16. The summed E-state index contributed by atoms with van der Waals surface area (Å²) in [6.07, 6.45) is 0. The molecule has 0 aliphatic carbocycles. The molecule has 0 unspecified atom stereocenters. The Morgan fingerprint density at radius 2 is 1.85 bits per heavy atom. The zero-order valence-electron chi connectivity index (χ0n) is 15.4. The maximum atomic E-state index is 12.6. The van der Waals surface area contributed by atoms with Crippen molar-refractivity contribution >= 4 is 21.9 Å². The molecule has 150 valence electrons. The average Bonchev–Trinajstić information content (AvgIpc) is 2.67. The van der Waals surface area contributed by atoms with E-state index < -0.39 is 28.3 Å². The lowest BCUT2D eigenvalue weighted by atomic mass is 10.2. The SMILES string of the molecule is CCN(CC)S(=O)(=O)c1ccc(O)c(C(=O)OCC(=O)N2CCOCC2)c1. The first-order valence-corrected chi connectivity index (χ1v) is 10.1. The molecule has 1 aliphatic rings. The number of sulfonamides is 1. The van der Waals surface area contributed by atoms with Crippen LogP contribution in [-0.4, -0.2) is 80.6 Å². The molecule has 0 radical (unpaired) electrons. The average molecular weight is 400 g/mol. The highest BCUT2D eigenvalue weighted by Gasteiger charge is 2.25. The predicted octanol–water partition coefficient (Wildman–Crippen LogP) is 0.438. The van der Waals surface area contributed by atoms with Crippen molar-refractivity contribution in [2.45, 2.75) is 18.7 Å². The zero-order valence-corrected chi connectivity index (χ0v) is 16.2. The molecule has 1 saturated heterocycles. The molecular weight excluding hydrogens is 376 g/mol. The van der Waals surface area contributed by atoms with Gasteiger partial charge in [0.25, 0.3) is 5.91 Å². The van der Waals surface area contributed by atoms with Gasteiger partial charge in [0.15, 0.2) is 6.61 Å². The molecule has 1 aromatic carbocycles. The van der Waals surface area contributed by atoms with Crippen LogP contribution in [0.1, 0.15) is 24.2 Å². The highest BCUT2D eigenvalue weighted by Crippen LogP contribution is 2.24. The van der Waals surface area contributed by atoms with Crippen LogP contribution in [0.3, 0.4) is 0 Å². The molecule has 2 rings (SSSR count). The maximum absolute atomic E-state index is 12.6. The highest BCUT2D eigenvalue weighted by molar-refractivity contribution is 7.89. The summed E-state index contributed by atoms with van der Waals surface area (Å²) in [6, 6.07) is 3.40. The van der Waals surface area contributed by atoms with Gasteiger partial charge >= 0.3 is 5.97 Å². The Morgan fingerprint density at radius 1 is 1.22 bits per heavy atom. The number of amides is 1. The lowest BCUT2D eigenvalue weighted by Crippen LogP contribution is -2.42. The molecule has 0 bridgehead atoms. The summed E-state index contributed by atoms with van der Waals surface area (Å²) in [4.78, 5) is 25.7. The topological polar surface area (TPSA) is 113 Å². The summed E-state index contributed by atoms with van der Waals surface area (Å²) in [7, 11) is -3.80. The third-order valence-electron chi connectivity index (χ3n) is 4.22. The van der Waals surface area contributed by atoms with Crippen LogP contribution in [0.4, 0.5) is 0 Å². The summed E-state index contributed by atoms with van der Waals surface area (Å²) >= 11 is 0. The molecule has 0 spiro atoms. The number of hydrogen-bond acceptors (Lipinski definition) is 7. The van der Waals surface area contributed by atoms with E-state index in [-0.39, 0.29) is 29.5 Å². The van der Waals surface area contributed by atoms with Gasteiger partial charge in [-0.3, -0.25) is 4.79 Å². The molecule has 9 nitrogen and oxygen atoms in total. The molecule has 10 heteroatoms. The fourth-order valence-corrected chi connectivity index (χ4v) is 4.15. The number of ether oxygens (including phenoxy) is 2. The van der Waals surface area contributed by atoms with Gasteiger partial charge in [-0.15, -0.1) is 0 Å². The molecular formula is C17H24N2O7S. The Hall–Kier alpha value is -2.17. The standard InChI is InChI=1S/C17H24N2O7S/c1-3-19(4-2)27(23,24)13-5-6-15(20)14(11-13)17(22)26-12-16(21)18-7-9-25-10-8-18/h5-6,11,20H,3-4,7-10,12H2,1-2H3. The van der Waals surface area contributed by atoms with E-state index >= 15 is 0 Å². The van der Waals surface area contributed by atoms with Crippen LogP contribution in [0.25, 0.3) is 0 Å². The van der Waals surface area contributed by atoms with Crippen LogP contribution < -0.4 is 0 Å².